The SMILES string of the molecule is Cc1cc(C)cc(OCC(=O)NNC(=O)Cn2c3ccccc3c(=O)c3ccccc32)c1. The second-order valence-corrected chi connectivity index (χ2v) is 7.66. The minimum absolute atomic E-state index is 0.0699. The molecule has 0 aliphatic carbocycles. The second-order valence-electron chi connectivity index (χ2n) is 7.66. The quantitative estimate of drug-likeness (QED) is 0.377. The molecule has 0 saturated heterocycles. The Morgan fingerprint density at radius 3 is 1.94 bits per heavy atom. The number of hydrazine groups is 1. The highest BCUT2D eigenvalue weighted by Gasteiger charge is 2.13. The molecule has 1 aromatic heterocycles. The first-order chi connectivity index (χ1) is 15.4. The van der Waals surface area contributed by atoms with Gasteiger partial charge in [0.05, 0.1) is 11.0 Å². The van der Waals surface area contributed by atoms with Crippen LogP contribution in [0.3, 0.4) is 0 Å². The van der Waals surface area contributed by atoms with Gasteiger partial charge in [-0.15, -0.1) is 0 Å². The zero-order chi connectivity index (χ0) is 22.7. The zero-order valence-corrected chi connectivity index (χ0v) is 17.8. The summed E-state index contributed by atoms with van der Waals surface area (Å²) in [7, 11) is 0. The van der Waals surface area contributed by atoms with E-state index in [4.69, 9.17) is 4.74 Å². The van der Waals surface area contributed by atoms with Crippen molar-refractivity contribution in [1.82, 2.24) is 15.4 Å². The van der Waals surface area contributed by atoms with Gasteiger partial charge in [0.2, 0.25) is 0 Å². The predicted octanol–water partition coefficient (Wildman–Crippen LogP) is 3.00. The molecular formula is C25H23N3O4. The van der Waals surface area contributed by atoms with Crippen LogP contribution in [-0.2, 0) is 16.1 Å². The van der Waals surface area contributed by atoms with Crippen molar-refractivity contribution < 1.29 is 14.3 Å². The number of amides is 2. The van der Waals surface area contributed by atoms with Crippen molar-refractivity contribution in [2.75, 3.05) is 6.61 Å². The predicted molar refractivity (Wildman–Crippen MR) is 123 cm³/mol. The van der Waals surface area contributed by atoms with Crippen molar-refractivity contribution in [2.24, 2.45) is 0 Å². The van der Waals surface area contributed by atoms with Gasteiger partial charge >= 0.3 is 0 Å². The summed E-state index contributed by atoms with van der Waals surface area (Å²) in [6.45, 7) is 3.60. The fraction of sp³-hybridized carbons (Fsp3) is 0.160. The summed E-state index contributed by atoms with van der Waals surface area (Å²) in [5, 5.41) is 1.06. The monoisotopic (exact) mass is 429 g/mol. The number of para-hydroxylation sites is 2. The van der Waals surface area contributed by atoms with Crippen LogP contribution in [0.5, 0.6) is 5.75 Å². The molecule has 0 aliphatic rings. The van der Waals surface area contributed by atoms with Gasteiger partial charge in [-0.1, -0.05) is 30.3 Å². The van der Waals surface area contributed by atoms with E-state index in [2.05, 4.69) is 10.9 Å². The lowest BCUT2D eigenvalue weighted by Gasteiger charge is -2.15. The Morgan fingerprint density at radius 2 is 1.34 bits per heavy atom. The molecule has 0 spiro atoms. The van der Waals surface area contributed by atoms with Crippen molar-refractivity contribution in [1.29, 1.82) is 0 Å². The summed E-state index contributed by atoms with van der Waals surface area (Å²) in [4.78, 5) is 37.5. The van der Waals surface area contributed by atoms with E-state index in [9.17, 15) is 14.4 Å². The van der Waals surface area contributed by atoms with E-state index in [0.717, 1.165) is 11.1 Å². The maximum Gasteiger partial charge on any atom is 0.276 e. The second kappa shape index (κ2) is 8.93. The Bertz CT molecular complexity index is 1310. The first-order valence-electron chi connectivity index (χ1n) is 10.2. The number of fused-ring (bicyclic) bond motifs is 2. The molecule has 0 saturated carbocycles. The van der Waals surface area contributed by atoms with Crippen LogP contribution in [0, 0.1) is 13.8 Å². The molecule has 4 rings (SSSR count). The number of hydrogen-bond acceptors (Lipinski definition) is 4. The Balaban J connectivity index is 1.45. The third-order valence-corrected chi connectivity index (χ3v) is 5.09. The number of nitrogens with one attached hydrogen (secondary N) is 2. The number of carbonyl (C=O) groups is 2. The Hall–Kier alpha value is -4.13. The molecule has 162 valence electrons. The molecule has 32 heavy (non-hydrogen) atoms. The third-order valence-electron chi connectivity index (χ3n) is 5.09. The molecule has 0 atom stereocenters. The number of nitrogens with zero attached hydrogens (tertiary/aromatic N) is 1. The highest BCUT2D eigenvalue weighted by molar-refractivity contribution is 5.95. The van der Waals surface area contributed by atoms with Gasteiger partial charge in [-0.05, 0) is 61.4 Å². The highest BCUT2D eigenvalue weighted by atomic mass is 16.5. The number of pyridine rings is 1. The van der Waals surface area contributed by atoms with Crippen LogP contribution in [0.4, 0.5) is 0 Å². The summed E-state index contributed by atoms with van der Waals surface area (Å²) in [5.74, 6) is -0.314. The van der Waals surface area contributed by atoms with E-state index in [1.165, 1.54) is 0 Å². The maximum atomic E-state index is 12.8. The summed E-state index contributed by atoms with van der Waals surface area (Å²) < 4.78 is 7.27. The first-order valence-corrected chi connectivity index (χ1v) is 10.2. The van der Waals surface area contributed by atoms with Crippen LogP contribution in [-0.4, -0.2) is 23.0 Å². The average molecular weight is 429 g/mol. The lowest BCUT2D eigenvalue weighted by molar-refractivity contribution is -0.130. The first kappa shape index (κ1) is 21.1. The minimum atomic E-state index is -0.480. The van der Waals surface area contributed by atoms with Gasteiger partial charge in [-0.2, -0.15) is 0 Å². The molecule has 0 bridgehead atoms. The molecule has 2 amide bonds. The fourth-order valence-electron chi connectivity index (χ4n) is 3.77. The number of aryl methyl sites for hydroxylation is 2. The van der Waals surface area contributed by atoms with Crippen molar-refractivity contribution in [3.63, 3.8) is 0 Å². The molecule has 0 radical (unpaired) electrons. The molecule has 0 aliphatic heterocycles. The van der Waals surface area contributed by atoms with E-state index < -0.39 is 11.8 Å². The zero-order valence-electron chi connectivity index (χ0n) is 17.8. The summed E-state index contributed by atoms with van der Waals surface area (Å²) >= 11 is 0. The molecule has 0 fully saturated rings. The van der Waals surface area contributed by atoms with Crippen LogP contribution in [0.2, 0.25) is 0 Å². The van der Waals surface area contributed by atoms with Crippen molar-refractivity contribution in [3.8, 4) is 5.75 Å². The van der Waals surface area contributed by atoms with Crippen LogP contribution in [0.15, 0.2) is 71.5 Å². The maximum absolute atomic E-state index is 12.8. The molecule has 1 heterocycles. The largest absolute Gasteiger partial charge is 0.484 e. The van der Waals surface area contributed by atoms with Crippen LogP contribution in [0.25, 0.3) is 21.8 Å². The summed E-state index contributed by atoms with van der Waals surface area (Å²) in [6.07, 6.45) is 0. The molecule has 4 aromatic rings. The normalized spacial score (nSPS) is 10.8. The van der Waals surface area contributed by atoms with Gasteiger partial charge in [0.1, 0.15) is 12.3 Å². The van der Waals surface area contributed by atoms with Crippen LogP contribution in [0.1, 0.15) is 11.1 Å². The molecule has 7 nitrogen and oxygen atoms in total. The standard InChI is InChI=1S/C25H23N3O4/c1-16-11-17(2)13-18(12-16)32-15-24(30)27-26-23(29)14-28-21-9-5-3-7-19(21)25(31)20-8-4-6-10-22(20)28/h3-13H,14-15H2,1-2H3,(H,26,29)(H,27,30). The number of rotatable bonds is 5. The number of aromatic nitrogens is 1. The van der Waals surface area contributed by atoms with Crippen LogP contribution >= 0.6 is 0 Å². The summed E-state index contributed by atoms with van der Waals surface area (Å²) in [6, 6.07) is 20.0. The van der Waals surface area contributed by atoms with Gasteiger partial charge in [0, 0.05) is 10.8 Å². The minimum Gasteiger partial charge on any atom is -0.484 e. The van der Waals surface area contributed by atoms with Gasteiger partial charge in [0.25, 0.3) is 11.8 Å². The highest BCUT2D eigenvalue weighted by Crippen LogP contribution is 2.19. The Morgan fingerprint density at radius 1 is 0.812 bits per heavy atom. The Kier molecular flexibility index (Phi) is 5.89. The number of hydrogen-bond donors (Lipinski definition) is 2. The lowest BCUT2D eigenvalue weighted by atomic mass is 10.1. The summed E-state index contributed by atoms with van der Waals surface area (Å²) in [5.41, 5.74) is 8.08. The van der Waals surface area contributed by atoms with Crippen LogP contribution < -0.4 is 21.0 Å². The van der Waals surface area contributed by atoms with Crippen molar-refractivity contribution in [2.45, 2.75) is 20.4 Å². The van der Waals surface area contributed by atoms with E-state index >= 15 is 0 Å². The number of ether oxygens (including phenoxy) is 1. The average Bonchev–Trinajstić information content (AvgIpc) is 2.78. The fourth-order valence-corrected chi connectivity index (χ4v) is 3.77. The van der Waals surface area contributed by atoms with E-state index in [-0.39, 0.29) is 18.6 Å². The number of benzene rings is 3. The Labute approximate surface area is 184 Å². The molecule has 7 heteroatoms. The lowest BCUT2D eigenvalue weighted by Crippen LogP contribution is -2.45. The molecule has 3 aromatic carbocycles. The van der Waals surface area contributed by atoms with Gasteiger partial charge in [-0.25, -0.2) is 0 Å². The van der Waals surface area contributed by atoms with Gasteiger partial charge in [-0.3, -0.25) is 25.2 Å². The van der Waals surface area contributed by atoms with E-state index in [0.29, 0.717) is 27.6 Å². The van der Waals surface area contributed by atoms with E-state index in [1.54, 1.807) is 41.0 Å². The van der Waals surface area contributed by atoms with Crippen molar-refractivity contribution in [3.05, 3.63) is 88.1 Å². The third kappa shape index (κ3) is 4.46. The topological polar surface area (TPSA) is 89.4 Å². The van der Waals surface area contributed by atoms with Crippen molar-refractivity contribution >= 4 is 33.6 Å². The van der Waals surface area contributed by atoms with Gasteiger partial charge in [0.15, 0.2) is 12.0 Å². The van der Waals surface area contributed by atoms with E-state index in [1.807, 2.05) is 44.2 Å². The molecule has 0 unspecified atom stereocenters. The molecule has 2 N–H and O–H groups in total. The smallest absolute Gasteiger partial charge is 0.276 e. The van der Waals surface area contributed by atoms with Gasteiger partial charge < -0.3 is 9.30 Å². The molecular weight excluding hydrogens is 406 g/mol. The number of carbonyl (C=O) groups excluding carboxylic acids is 2.